The lowest BCUT2D eigenvalue weighted by Gasteiger charge is -2.30. The highest BCUT2D eigenvalue weighted by Crippen LogP contribution is 2.34. The van der Waals surface area contributed by atoms with E-state index >= 15 is 0 Å². The van der Waals surface area contributed by atoms with Crippen molar-refractivity contribution in [3.8, 4) is 0 Å². The molecular formula is C15H20ClFN2. The molecule has 2 rings (SSSR count). The van der Waals surface area contributed by atoms with Crippen LogP contribution in [0.15, 0.2) is 18.2 Å². The quantitative estimate of drug-likeness (QED) is 0.755. The van der Waals surface area contributed by atoms with E-state index in [4.69, 9.17) is 11.6 Å². The van der Waals surface area contributed by atoms with Crippen molar-refractivity contribution in [2.45, 2.75) is 40.2 Å². The van der Waals surface area contributed by atoms with Gasteiger partial charge in [-0.05, 0) is 24.5 Å². The zero-order chi connectivity index (χ0) is 14.2. The first-order valence-electron chi connectivity index (χ1n) is 6.57. The van der Waals surface area contributed by atoms with E-state index in [0.717, 1.165) is 11.3 Å². The Balaban J connectivity index is 2.64. The van der Waals surface area contributed by atoms with Crippen LogP contribution < -0.4 is 0 Å². The van der Waals surface area contributed by atoms with Crippen LogP contribution in [0.2, 0.25) is 0 Å². The molecule has 0 bridgehead atoms. The molecule has 0 saturated heterocycles. The molecule has 0 radical (unpaired) electrons. The van der Waals surface area contributed by atoms with Crippen LogP contribution in [0.5, 0.6) is 0 Å². The van der Waals surface area contributed by atoms with Gasteiger partial charge < -0.3 is 4.57 Å². The summed E-state index contributed by atoms with van der Waals surface area (Å²) in [6.45, 7) is 8.74. The number of rotatable bonds is 3. The molecule has 4 heteroatoms. The van der Waals surface area contributed by atoms with E-state index in [0.29, 0.717) is 17.8 Å². The number of alkyl halides is 1. The monoisotopic (exact) mass is 282 g/mol. The summed E-state index contributed by atoms with van der Waals surface area (Å²) in [6.07, 6.45) is 0.693. The Hall–Kier alpha value is -1.09. The number of benzene rings is 1. The van der Waals surface area contributed by atoms with Gasteiger partial charge in [0.25, 0.3) is 0 Å². The molecule has 104 valence electrons. The van der Waals surface area contributed by atoms with Gasteiger partial charge >= 0.3 is 0 Å². The molecule has 0 aliphatic carbocycles. The highest BCUT2D eigenvalue weighted by molar-refractivity contribution is 6.17. The minimum absolute atomic E-state index is 0.100. The maximum absolute atomic E-state index is 13.3. The number of hydrogen-bond acceptors (Lipinski definition) is 1. The lowest BCUT2D eigenvalue weighted by molar-refractivity contribution is 0.263. The summed E-state index contributed by atoms with van der Waals surface area (Å²) in [5.74, 6) is 1.19. The van der Waals surface area contributed by atoms with Gasteiger partial charge in [0.1, 0.15) is 11.6 Å². The average molecular weight is 283 g/mol. The lowest BCUT2D eigenvalue weighted by Crippen LogP contribution is -2.23. The summed E-state index contributed by atoms with van der Waals surface area (Å²) in [5, 5.41) is 0. The summed E-state index contributed by atoms with van der Waals surface area (Å²) < 4.78 is 15.5. The highest BCUT2D eigenvalue weighted by atomic mass is 35.5. The molecule has 2 aromatic rings. The van der Waals surface area contributed by atoms with Crippen molar-refractivity contribution in [1.29, 1.82) is 0 Å². The topological polar surface area (TPSA) is 17.8 Å². The molecule has 0 saturated carbocycles. The fourth-order valence-electron chi connectivity index (χ4n) is 2.20. The zero-order valence-electron chi connectivity index (χ0n) is 11.9. The summed E-state index contributed by atoms with van der Waals surface area (Å²) in [7, 11) is 0. The molecule has 1 unspecified atom stereocenters. The molecule has 0 aliphatic heterocycles. The van der Waals surface area contributed by atoms with Gasteiger partial charge in [-0.1, -0.05) is 20.8 Å². The summed E-state index contributed by atoms with van der Waals surface area (Å²) >= 11 is 5.86. The third-order valence-corrected chi connectivity index (χ3v) is 3.87. The first kappa shape index (κ1) is 14.3. The number of fused-ring (bicyclic) bond motifs is 1. The van der Waals surface area contributed by atoms with Crippen molar-refractivity contribution in [3.05, 3.63) is 29.8 Å². The zero-order valence-corrected chi connectivity index (χ0v) is 12.6. The van der Waals surface area contributed by atoms with Crippen molar-refractivity contribution < 1.29 is 4.39 Å². The van der Waals surface area contributed by atoms with Crippen LogP contribution in [0.25, 0.3) is 11.0 Å². The standard InChI is InChI=1S/C15H20ClFN2/c1-10(15(2,3)4)19-13-6-5-11(17)9-12(13)18-14(19)7-8-16/h5-6,9-10H,7-8H2,1-4H3. The van der Waals surface area contributed by atoms with Crippen LogP contribution in [0.3, 0.4) is 0 Å². The third-order valence-electron chi connectivity index (χ3n) is 3.68. The van der Waals surface area contributed by atoms with Crippen LogP contribution in [-0.4, -0.2) is 15.4 Å². The fraction of sp³-hybridized carbons (Fsp3) is 0.533. The third kappa shape index (κ3) is 2.76. The summed E-state index contributed by atoms with van der Waals surface area (Å²) in [6, 6.07) is 5.04. The Morgan fingerprint density at radius 1 is 1.37 bits per heavy atom. The molecule has 2 nitrogen and oxygen atoms in total. The Bertz CT molecular complexity index is 584. The van der Waals surface area contributed by atoms with Crippen LogP contribution in [-0.2, 0) is 6.42 Å². The first-order chi connectivity index (χ1) is 8.84. The Labute approximate surface area is 118 Å². The molecule has 0 aliphatic rings. The van der Waals surface area contributed by atoms with Crippen molar-refractivity contribution in [1.82, 2.24) is 9.55 Å². The number of aryl methyl sites for hydroxylation is 1. The van der Waals surface area contributed by atoms with Gasteiger partial charge in [0, 0.05) is 24.4 Å². The normalized spacial score (nSPS) is 14.0. The van der Waals surface area contributed by atoms with E-state index in [1.54, 1.807) is 6.07 Å². The van der Waals surface area contributed by atoms with Crippen molar-refractivity contribution in [3.63, 3.8) is 0 Å². The van der Waals surface area contributed by atoms with Gasteiger partial charge in [-0.3, -0.25) is 0 Å². The maximum atomic E-state index is 13.3. The van der Waals surface area contributed by atoms with Crippen LogP contribution in [0.1, 0.15) is 39.6 Å². The van der Waals surface area contributed by atoms with Crippen molar-refractivity contribution in [2.24, 2.45) is 5.41 Å². The molecule has 1 atom stereocenters. The molecule has 19 heavy (non-hydrogen) atoms. The predicted molar refractivity (Wildman–Crippen MR) is 78.3 cm³/mol. The Morgan fingerprint density at radius 3 is 2.63 bits per heavy atom. The van der Waals surface area contributed by atoms with E-state index in [1.165, 1.54) is 12.1 Å². The molecule has 0 spiro atoms. The molecule has 0 N–H and O–H groups in total. The lowest BCUT2D eigenvalue weighted by atomic mass is 9.87. The smallest absolute Gasteiger partial charge is 0.125 e. The van der Waals surface area contributed by atoms with Gasteiger partial charge in [0.15, 0.2) is 0 Å². The van der Waals surface area contributed by atoms with E-state index in [9.17, 15) is 4.39 Å². The van der Waals surface area contributed by atoms with Gasteiger partial charge in [0.05, 0.1) is 11.0 Å². The fourth-order valence-corrected chi connectivity index (χ4v) is 2.37. The maximum Gasteiger partial charge on any atom is 0.125 e. The van der Waals surface area contributed by atoms with Crippen LogP contribution in [0.4, 0.5) is 4.39 Å². The van der Waals surface area contributed by atoms with E-state index < -0.39 is 0 Å². The largest absolute Gasteiger partial charge is 0.325 e. The van der Waals surface area contributed by atoms with E-state index in [-0.39, 0.29) is 17.3 Å². The second-order valence-corrected chi connectivity index (χ2v) is 6.39. The number of nitrogens with zero attached hydrogens (tertiary/aromatic N) is 2. The number of halogens is 2. The second kappa shape index (κ2) is 5.12. The van der Waals surface area contributed by atoms with Crippen molar-refractivity contribution >= 4 is 22.6 Å². The van der Waals surface area contributed by atoms with Gasteiger partial charge in [-0.2, -0.15) is 0 Å². The molecule has 1 aromatic carbocycles. The minimum atomic E-state index is -0.252. The van der Waals surface area contributed by atoms with Crippen LogP contribution in [0, 0.1) is 11.2 Å². The SMILES string of the molecule is CC(n1c(CCCl)nc2cc(F)ccc21)C(C)(C)C. The number of imidazole rings is 1. The first-order valence-corrected chi connectivity index (χ1v) is 7.10. The molecule has 0 amide bonds. The van der Waals surface area contributed by atoms with Gasteiger partial charge in [-0.15, -0.1) is 11.6 Å². The average Bonchev–Trinajstić information content (AvgIpc) is 2.64. The predicted octanol–water partition coefficient (Wildman–Crippen LogP) is 4.56. The summed E-state index contributed by atoms with van der Waals surface area (Å²) in [4.78, 5) is 4.54. The number of aromatic nitrogens is 2. The van der Waals surface area contributed by atoms with E-state index in [1.807, 2.05) is 0 Å². The number of hydrogen-bond donors (Lipinski definition) is 0. The second-order valence-electron chi connectivity index (χ2n) is 6.01. The van der Waals surface area contributed by atoms with Gasteiger partial charge in [-0.25, -0.2) is 9.37 Å². The van der Waals surface area contributed by atoms with Gasteiger partial charge in [0.2, 0.25) is 0 Å². The Morgan fingerprint density at radius 2 is 2.05 bits per heavy atom. The molecule has 0 fully saturated rings. The van der Waals surface area contributed by atoms with Crippen LogP contribution >= 0.6 is 11.6 Å². The van der Waals surface area contributed by atoms with Crippen molar-refractivity contribution in [2.75, 3.05) is 5.88 Å². The molecule has 1 aromatic heterocycles. The molecule has 1 heterocycles. The van der Waals surface area contributed by atoms with E-state index in [2.05, 4.69) is 37.2 Å². The molecular weight excluding hydrogens is 263 g/mol. The summed E-state index contributed by atoms with van der Waals surface area (Å²) in [5.41, 5.74) is 1.78. The minimum Gasteiger partial charge on any atom is -0.325 e. The Kier molecular flexibility index (Phi) is 3.86. The highest BCUT2D eigenvalue weighted by Gasteiger charge is 2.25.